The molecular formula is C21H15ClN4O2. The van der Waals surface area contributed by atoms with E-state index in [1.807, 2.05) is 48.5 Å². The van der Waals surface area contributed by atoms with Crippen LogP contribution in [0.25, 0.3) is 22.5 Å². The van der Waals surface area contributed by atoms with Crippen molar-refractivity contribution in [3.8, 4) is 22.5 Å². The van der Waals surface area contributed by atoms with Gasteiger partial charge in [-0.25, -0.2) is 9.97 Å². The molecule has 0 fully saturated rings. The first-order valence-electron chi connectivity index (χ1n) is 8.57. The van der Waals surface area contributed by atoms with Gasteiger partial charge >= 0.3 is 0 Å². The average molecular weight is 391 g/mol. The van der Waals surface area contributed by atoms with E-state index in [2.05, 4.69) is 20.4 Å². The predicted molar refractivity (Wildman–Crippen MR) is 107 cm³/mol. The Labute approximate surface area is 166 Å². The molecule has 1 N–H and O–H groups in total. The van der Waals surface area contributed by atoms with Gasteiger partial charge in [-0.1, -0.05) is 65.3 Å². The number of halogens is 1. The molecule has 28 heavy (non-hydrogen) atoms. The number of hydrogen-bond acceptors (Lipinski definition) is 5. The molecule has 0 radical (unpaired) electrons. The topological polar surface area (TPSA) is 80.9 Å². The summed E-state index contributed by atoms with van der Waals surface area (Å²) >= 11 is 6.15. The Balaban J connectivity index is 1.68. The summed E-state index contributed by atoms with van der Waals surface area (Å²) in [6.45, 7) is 0. The standard InChI is InChI=1S/C21H15ClN4O2/c22-16-9-5-4-8-15(16)12-18(27)25-21-19(17-10-11-23-13-24-17)20(26-28-21)14-6-2-1-3-7-14/h1-11,13H,12H2,(H,25,27). The Kier molecular flexibility index (Phi) is 5.12. The molecule has 0 aliphatic heterocycles. The molecule has 2 aromatic heterocycles. The van der Waals surface area contributed by atoms with E-state index in [-0.39, 0.29) is 18.2 Å². The van der Waals surface area contributed by atoms with Crippen molar-refractivity contribution in [2.45, 2.75) is 6.42 Å². The van der Waals surface area contributed by atoms with E-state index in [4.69, 9.17) is 16.1 Å². The van der Waals surface area contributed by atoms with Gasteiger partial charge in [-0.05, 0) is 17.7 Å². The lowest BCUT2D eigenvalue weighted by Gasteiger charge is -2.06. The van der Waals surface area contributed by atoms with Crippen molar-refractivity contribution in [1.29, 1.82) is 0 Å². The highest BCUT2D eigenvalue weighted by Crippen LogP contribution is 2.36. The first kappa shape index (κ1) is 17.9. The SMILES string of the molecule is O=C(Cc1ccccc1Cl)Nc1onc(-c2ccccc2)c1-c1ccncn1. The van der Waals surface area contributed by atoms with Crippen molar-refractivity contribution < 1.29 is 9.32 Å². The fourth-order valence-corrected chi connectivity index (χ4v) is 3.03. The van der Waals surface area contributed by atoms with Crippen LogP contribution >= 0.6 is 11.6 Å². The van der Waals surface area contributed by atoms with Crippen LogP contribution in [0.3, 0.4) is 0 Å². The maximum atomic E-state index is 12.6. The molecule has 0 spiro atoms. The average Bonchev–Trinajstić information content (AvgIpc) is 3.14. The number of nitrogens with one attached hydrogen (secondary N) is 1. The lowest BCUT2D eigenvalue weighted by Crippen LogP contribution is -2.14. The molecule has 0 aliphatic carbocycles. The van der Waals surface area contributed by atoms with Crippen molar-refractivity contribution in [2.75, 3.05) is 5.32 Å². The molecule has 6 nitrogen and oxygen atoms in total. The zero-order chi connectivity index (χ0) is 19.3. The highest BCUT2D eigenvalue weighted by Gasteiger charge is 2.22. The van der Waals surface area contributed by atoms with Crippen molar-refractivity contribution >= 4 is 23.4 Å². The van der Waals surface area contributed by atoms with E-state index in [1.54, 1.807) is 18.3 Å². The summed E-state index contributed by atoms with van der Waals surface area (Å²) in [6.07, 6.45) is 3.18. The lowest BCUT2D eigenvalue weighted by molar-refractivity contribution is -0.115. The Bertz CT molecular complexity index is 1100. The molecule has 0 aliphatic rings. The molecule has 7 heteroatoms. The third-order valence-electron chi connectivity index (χ3n) is 4.14. The highest BCUT2D eigenvalue weighted by molar-refractivity contribution is 6.31. The fraction of sp³-hybridized carbons (Fsp3) is 0.0476. The fourth-order valence-electron chi connectivity index (χ4n) is 2.83. The number of aromatic nitrogens is 3. The van der Waals surface area contributed by atoms with Crippen molar-refractivity contribution in [2.24, 2.45) is 0 Å². The minimum atomic E-state index is -0.265. The quantitative estimate of drug-likeness (QED) is 0.537. The maximum absolute atomic E-state index is 12.6. The first-order valence-corrected chi connectivity index (χ1v) is 8.95. The maximum Gasteiger partial charge on any atom is 0.241 e. The summed E-state index contributed by atoms with van der Waals surface area (Å²) in [7, 11) is 0. The predicted octanol–water partition coefficient (Wildman–Crippen LogP) is 4.63. The molecule has 0 saturated carbocycles. The zero-order valence-corrected chi connectivity index (χ0v) is 15.4. The minimum Gasteiger partial charge on any atom is -0.337 e. The summed E-state index contributed by atoms with van der Waals surface area (Å²) < 4.78 is 5.47. The van der Waals surface area contributed by atoms with Gasteiger partial charge in [0.25, 0.3) is 0 Å². The second kappa shape index (κ2) is 8.02. The number of anilines is 1. The van der Waals surface area contributed by atoms with E-state index < -0.39 is 0 Å². The van der Waals surface area contributed by atoms with E-state index in [1.165, 1.54) is 6.33 Å². The van der Waals surface area contributed by atoms with Gasteiger partial charge in [-0.3, -0.25) is 10.1 Å². The van der Waals surface area contributed by atoms with Crippen molar-refractivity contribution in [1.82, 2.24) is 15.1 Å². The molecule has 138 valence electrons. The third-order valence-corrected chi connectivity index (χ3v) is 4.51. The summed E-state index contributed by atoms with van der Waals surface area (Å²) in [5, 5.41) is 7.49. The van der Waals surface area contributed by atoms with Gasteiger partial charge in [0, 0.05) is 16.8 Å². The molecule has 4 rings (SSSR count). The number of amides is 1. The van der Waals surface area contributed by atoms with Crippen LogP contribution in [0, 0.1) is 0 Å². The second-order valence-corrected chi connectivity index (χ2v) is 6.42. The van der Waals surface area contributed by atoms with Crippen molar-refractivity contribution in [3.05, 3.63) is 83.8 Å². The van der Waals surface area contributed by atoms with E-state index in [0.717, 1.165) is 11.1 Å². The van der Waals surface area contributed by atoms with Crippen LogP contribution in [-0.4, -0.2) is 21.0 Å². The smallest absolute Gasteiger partial charge is 0.241 e. The molecular weight excluding hydrogens is 376 g/mol. The molecule has 4 aromatic rings. The van der Waals surface area contributed by atoms with Crippen LogP contribution in [0.1, 0.15) is 5.56 Å². The molecule has 0 bridgehead atoms. The van der Waals surface area contributed by atoms with Crippen LogP contribution in [0.5, 0.6) is 0 Å². The Hall–Kier alpha value is -3.51. The van der Waals surface area contributed by atoms with Gasteiger partial charge in [0.2, 0.25) is 11.8 Å². The normalized spacial score (nSPS) is 10.6. The molecule has 0 atom stereocenters. The third kappa shape index (κ3) is 3.77. The van der Waals surface area contributed by atoms with Crippen LogP contribution in [0.4, 0.5) is 5.88 Å². The Morgan fingerprint density at radius 1 is 1.04 bits per heavy atom. The first-order chi connectivity index (χ1) is 13.7. The molecule has 0 saturated heterocycles. The monoisotopic (exact) mass is 390 g/mol. The summed E-state index contributed by atoms with van der Waals surface area (Å²) in [4.78, 5) is 20.8. The number of carbonyl (C=O) groups is 1. The molecule has 0 unspecified atom stereocenters. The number of nitrogens with zero attached hydrogens (tertiary/aromatic N) is 3. The van der Waals surface area contributed by atoms with Crippen LogP contribution in [-0.2, 0) is 11.2 Å². The highest BCUT2D eigenvalue weighted by atomic mass is 35.5. The van der Waals surface area contributed by atoms with Gasteiger partial charge in [-0.2, -0.15) is 0 Å². The molecule has 1 amide bonds. The summed E-state index contributed by atoms with van der Waals surface area (Å²) in [5.41, 5.74) is 3.37. The zero-order valence-electron chi connectivity index (χ0n) is 14.7. The van der Waals surface area contributed by atoms with Gasteiger partial charge in [-0.15, -0.1) is 0 Å². The van der Waals surface area contributed by atoms with Crippen molar-refractivity contribution in [3.63, 3.8) is 0 Å². The summed E-state index contributed by atoms with van der Waals surface area (Å²) in [6, 6.07) is 18.5. The Morgan fingerprint density at radius 2 is 1.82 bits per heavy atom. The van der Waals surface area contributed by atoms with E-state index in [9.17, 15) is 4.79 Å². The number of hydrogen-bond donors (Lipinski definition) is 1. The van der Waals surface area contributed by atoms with Gasteiger partial charge < -0.3 is 4.52 Å². The Morgan fingerprint density at radius 3 is 2.57 bits per heavy atom. The summed E-state index contributed by atoms with van der Waals surface area (Å²) in [5.74, 6) is -0.0335. The van der Waals surface area contributed by atoms with Gasteiger partial charge in [0.1, 0.15) is 12.0 Å². The van der Waals surface area contributed by atoms with Crippen LogP contribution in [0.15, 0.2) is 77.7 Å². The molecule has 2 heterocycles. The van der Waals surface area contributed by atoms with Crippen LogP contribution < -0.4 is 5.32 Å². The minimum absolute atomic E-state index is 0.115. The van der Waals surface area contributed by atoms with Gasteiger partial charge in [0.05, 0.1) is 17.7 Å². The number of rotatable bonds is 5. The van der Waals surface area contributed by atoms with Crippen LogP contribution in [0.2, 0.25) is 5.02 Å². The second-order valence-electron chi connectivity index (χ2n) is 6.01. The molecule has 2 aromatic carbocycles. The van der Waals surface area contributed by atoms with E-state index >= 15 is 0 Å². The van der Waals surface area contributed by atoms with Gasteiger partial charge in [0.15, 0.2) is 0 Å². The number of benzene rings is 2. The largest absolute Gasteiger partial charge is 0.337 e. The number of carbonyl (C=O) groups excluding carboxylic acids is 1. The lowest BCUT2D eigenvalue weighted by atomic mass is 10.0. The van der Waals surface area contributed by atoms with E-state index in [0.29, 0.717) is 22.0 Å².